The quantitative estimate of drug-likeness (QED) is 0.721. The highest BCUT2D eigenvalue weighted by Crippen LogP contribution is 2.43. The first-order valence-corrected chi connectivity index (χ1v) is 10.2. The monoisotopic (exact) mass is 408 g/mol. The third-order valence-electron chi connectivity index (χ3n) is 5.42. The molecule has 0 aliphatic carbocycles. The predicted octanol–water partition coefficient (Wildman–Crippen LogP) is 4.71. The van der Waals surface area contributed by atoms with E-state index in [-0.39, 0.29) is 17.2 Å². The van der Waals surface area contributed by atoms with E-state index in [2.05, 4.69) is 0 Å². The van der Waals surface area contributed by atoms with Crippen molar-refractivity contribution in [2.75, 3.05) is 24.5 Å². The SMILES string of the molecule is O=C(c1ccc(Cl)s1)N1CCC2(CC1)CCN(c1cccc(Cl)c1)C2=O. The van der Waals surface area contributed by atoms with E-state index < -0.39 is 0 Å². The normalized spacial score (nSPS) is 19.4. The minimum absolute atomic E-state index is 0.00823. The predicted molar refractivity (Wildman–Crippen MR) is 105 cm³/mol. The zero-order valence-corrected chi connectivity index (χ0v) is 16.4. The van der Waals surface area contributed by atoms with Gasteiger partial charge in [-0.15, -0.1) is 11.3 Å². The molecule has 2 saturated heterocycles. The number of hydrogen-bond donors (Lipinski definition) is 0. The second-order valence-corrected chi connectivity index (χ2v) is 9.01. The highest BCUT2D eigenvalue weighted by atomic mass is 35.5. The molecule has 26 heavy (non-hydrogen) atoms. The first-order valence-electron chi connectivity index (χ1n) is 8.61. The Morgan fingerprint density at radius 2 is 1.77 bits per heavy atom. The van der Waals surface area contributed by atoms with Crippen LogP contribution in [-0.4, -0.2) is 36.3 Å². The van der Waals surface area contributed by atoms with Crippen LogP contribution in [0, 0.1) is 5.41 Å². The van der Waals surface area contributed by atoms with Crippen LogP contribution in [0.15, 0.2) is 36.4 Å². The molecule has 4 rings (SSSR count). The summed E-state index contributed by atoms with van der Waals surface area (Å²) in [7, 11) is 0. The number of likely N-dealkylation sites (tertiary alicyclic amines) is 1. The highest BCUT2D eigenvalue weighted by Gasteiger charge is 2.49. The topological polar surface area (TPSA) is 40.6 Å². The summed E-state index contributed by atoms with van der Waals surface area (Å²) in [5, 5.41) is 0.631. The van der Waals surface area contributed by atoms with Gasteiger partial charge in [0.25, 0.3) is 5.91 Å². The molecule has 4 nitrogen and oxygen atoms in total. The van der Waals surface area contributed by atoms with Crippen molar-refractivity contribution in [3.63, 3.8) is 0 Å². The highest BCUT2D eigenvalue weighted by molar-refractivity contribution is 7.17. The fourth-order valence-corrected chi connectivity index (χ4v) is 5.09. The lowest BCUT2D eigenvalue weighted by Gasteiger charge is -2.37. The number of halogens is 2. The van der Waals surface area contributed by atoms with Crippen molar-refractivity contribution in [2.45, 2.75) is 19.3 Å². The summed E-state index contributed by atoms with van der Waals surface area (Å²) < 4.78 is 0.616. The molecule has 2 aliphatic rings. The second-order valence-electron chi connectivity index (χ2n) is 6.86. The number of piperidine rings is 1. The number of rotatable bonds is 2. The van der Waals surface area contributed by atoms with E-state index in [0.717, 1.165) is 12.1 Å². The summed E-state index contributed by atoms with van der Waals surface area (Å²) in [6, 6.07) is 10.9. The van der Waals surface area contributed by atoms with Crippen LogP contribution in [0.5, 0.6) is 0 Å². The van der Waals surface area contributed by atoms with Crippen LogP contribution < -0.4 is 4.90 Å². The Kier molecular flexibility index (Phi) is 4.71. The number of amides is 2. The first-order chi connectivity index (χ1) is 12.5. The fourth-order valence-electron chi connectivity index (χ4n) is 3.90. The van der Waals surface area contributed by atoms with Gasteiger partial charge in [0, 0.05) is 30.3 Å². The van der Waals surface area contributed by atoms with Gasteiger partial charge in [0.2, 0.25) is 5.91 Å². The van der Waals surface area contributed by atoms with Gasteiger partial charge < -0.3 is 9.80 Å². The Hall–Kier alpha value is -1.56. The molecule has 1 aromatic heterocycles. The first kappa shape index (κ1) is 17.8. The third-order valence-corrected chi connectivity index (χ3v) is 6.88. The van der Waals surface area contributed by atoms with Crippen LogP contribution in [0.4, 0.5) is 5.69 Å². The van der Waals surface area contributed by atoms with Gasteiger partial charge in [-0.2, -0.15) is 0 Å². The number of carbonyl (C=O) groups excluding carboxylic acids is 2. The lowest BCUT2D eigenvalue weighted by Crippen LogP contribution is -2.46. The van der Waals surface area contributed by atoms with Gasteiger partial charge in [-0.1, -0.05) is 29.3 Å². The molecule has 0 saturated carbocycles. The molecule has 1 aromatic carbocycles. The Labute approximate surface area is 166 Å². The molecule has 0 atom stereocenters. The summed E-state index contributed by atoms with van der Waals surface area (Å²) in [6.07, 6.45) is 2.23. The van der Waals surface area contributed by atoms with E-state index in [9.17, 15) is 9.59 Å². The molecular formula is C19H18Cl2N2O2S. The van der Waals surface area contributed by atoms with Crippen molar-refractivity contribution < 1.29 is 9.59 Å². The summed E-state index contributed by atoms with van der Waals surface area (Å²) in [5.41, 5.74) is 0.498. The van der Waals surface area contributed by atoms with Gasteiger partial charge in [-0.3, -0.25) is 9.59 Å². The van der Waals surface area contributed by atoms with Crippen LogP contribution >= 0.6 is 34.5 Å². The molecule has 0 radical (unpaired) electrons. The number of carbonyl (C=O) groups is 2. The average molecular weight is 409 g/mol. The number of benzene rings is 1. The maximum Gasteiger partial charge on any atom is 0.263 e. The molecule has 1 spiro atoms. The zero-order chi connectivity index (χ0) is 18.3. The Morgan fingerprint density at radius 3 is 2.42 bits per heavy atom. The van der Waals surface area contributed by atoms with Gasteiger partial charge in [-0.25, -0.2) is 0 Å². The van der Waals surface area contributed by atoms with Crippen LogP contribution in [-0.2, 0) is 4.79 Å². The lowest BCUT2D eigenvalue weighted by molar-refractivity contribution is -0.127. The Balaban J connectivity index is 1.45. The van der Waals surface area contributed by atoms with Crippen LogP contribution in [0.2, 0.25) is 9.36 Å². The van der Waals surface area contributed by atoms with E-state index in [1.165, 1.54) is 11.3 Å². The van der Waals surface area contributed by atoms with Crippen molar-refractivity contribution in [3.05, 3.63) is 50.6 Å². The molecule has 2 aliphatic heterocycles. The molecule has 0 bridgehead atoms. The largest absolute Gasteiger partial charge is 0.338 e. The maximum absolute atomic E-state index is 13.1. The van der Waals surface area contributed by atoms with Crippen LogP contribution in [0.25, 0.3) is 0 Å². The molecular weight excluding hydrogens is 391 g/mol. The van der Waals surface area contributed by atoms with Crippen molar-refractivity contribution >= 4 is 52.0 Å². The molecule has 136 valence electrons. The van der Waals surface area contributed by atoms with Crippen LogP contribution in [0.3, 0.4) is 0 Å². The van der Waals surface area contributed by atoms with Crippen molar-refractivity contribution in [2.24, 2.45) is 5.41 Å². The van der Waals surface area contributed by atoms with Gasteiger partial charge in [-0.05, 0) is 49.6 Å². The van der Waals surface area contributed by atoms with Crippen LogP contribution in [0.1, 0.15) is 28.9 Å². The fraction of sp³-hybridized carbons (Fsp3) is 0.368. The Bertz CT molecular complexity index is 859. The summed E-state index contributed by atoms with van der Waals surface area (Å²) in [5.74, 6) is 0.167. The van der Waals surface area contributed by atoms with E-state index in [4.69, 9.17) is 23.2 Å². The van der Waals surface area contributed by atoms with Gasteiger partial charge in [0.1, 0.15) is 0 Å². The summed E-state index contributed by atoms with van der Waals surface area (Å²) >= 11 is 13.3. The smallest absolute Gasteiger partial charge is 0.263 e. The minimum Gasteiger partial charge on any atom is -0.338 e. The number of thiophene rings is 1. The van der Waals surface area contributed by atoms with Gasteiger partial charge in [0.05, 0.1) is 14.6 Å². The maximum atomic E-state index is 13.1. The average Bonchev–Trinajstić information content (AvgIpc) is 3.20. The molecule has 2 aromatic rings. The number of anilines is 1. The van der Waals surface area contributed by atoms with E-state index in [1.807, 2.05) is 34.1 Å². The summed E-state index contributed by atoms with van der Waals surface area (Å²) in [6.45, 7) is 1.90. The second kappa shape index (κ2) is 6.87. The van der Waals surface area contributed by atoms with Crippen molar-refractivity contribution in [1.29, 1.82) is 0 Å². The van der Waals surface area contributed by atoms with Crippen molar-refractivity contribution in [3.8, 4) is 0 Å². The minimum atomic E-state index is -0.355. The molecule has 7 heteroatoms. The third kappa shape index (κ3) is 3.13. The van der Waals surface area contributed by atoms with Gasteiger partial charge in [0.15, 0.2) is 0 Å². The number of hydrogen-bond acceptors (Lipinski definition) is 3. The van der Waals surface area contributed by atoms with Gasteiger partial charge >= 0.3 is 0 Å². The van der Waals surface area contributed by atoms with E-state index >= 15 is 0 Å². The Morgan fingerprint density at radius 1 is 1.04 bits per heavy atom. The molecule has 0 N–H and O–H groups in total. The van der Waals surface area contributed by atoms with Crippen molar-refractivity contribution in [1.82, 2.24) is 4.90 Å². The number of nitrogens with zero attached hydrogens (tertiary/aromatic N) is 2. The van der Waals surface area contributed by atoms with E-state index in [0.29, 0.717) is 46.7 Å². The van der Waals surface area contributed by atoms with E-state index in [1.54, 1.807) is 12.1 Å². The molecule has 3 heterocycles. The standard InChI is InChI=1S/C19H18Cl2N2O2S/c20-13-2-1-3-14(12-13)23-11-8-19(18(23)25)6-9-22(10-7-19)17(24)15-4-5-16(21)26-15/h1-5,12H,6-11H2. The zero-order valence-electron chi connectivity index (χ0n) is 14.1. The lowest BCUT2D eigenvalue weighted by atomic mass is 9.77. The molecule has 2 amide bonds. The summed E-state index contributed by atoms with van der Waals surface area (Å²) in [4.78, 5) is 30.0. The molecule has 0 unspecified atom stereocenters. The molecule has 2 fully saturated rings.